The van der Waals surface area contributed by atoms with Gasteiger partial charge in [-0.25, -0.2) is 5.43 Å². The van der Waals surface area contributed by atoms with Crippen molar-refractivity contribution in [1.29, 1.82) is 0 Å². The van der Waals surface area contributed by atoms with Crippen LogP contribution in [0.3, 0.4) is 0 Å². The zero-order valence-corrected chi connectivity index (χ0v) is 15.7. The Morgan fingerprint density at radius 2 is 2.04 bits per heavy atom. The quantitative estimate of drug-likeness (QED) is 0.271. The van der Waals surface area contributed by atoms with Crippen LogP contribution < -0.4 is 5.43 Å². The number of hydrogen-bond acceptors (Lipinski definition) is 5. The Morgan fingerprint density at radius 3 is 2.74 bits per heavy atom. The van der Waals surface area contributed by atoms with Crippen molar-refractivity contribution in [3.8, 4) is 5.75 Å². The van der Waals surface area contributed by atoms with E-state index in [4.69, 9.17) is 0 Å². The summed E-state index contributed by atoms with van der Waals surface area (Å²) in [5, 5.41) is 24.4. The second-order valence-electron chi connectivity index (χ2n) is 4.33. The second-order valence-corrected chi connectivity index (χ2v) is 6.74. The fourth-order valence-corrected chi connectivity index (χ4v) is 3.56. The minimum atomic E-state index is -0.579. The largest absolute Gasteiger partial charge is 0.506 e. The van der Waals surface area contributed by atoms with Crippen molar-refractivity contribution in [2.75, 3.05) is 0 Å². The van der Waals surface area contributed by atoms with Crippen LogP contribution >= 0.6 is 45.2 Å². The molecule has 0 aliphatic carbocycles. The van der Waals surface area contributed by atoms with E-state index in [0.29, 0.717) is 9.13 Å². The molecule has 1 amide bonds. The van der Waals surface area contributed by atoms with Gasteiger partial charge in [-0.2, -0.15) is 5.10 Å². The van der Waals surface area contributed by atoms with Gasteiger partial charge in [0.25, 0.3) is 11.6 Å². The molecule has 2 rings (SSSR count). The number of amides is 1. The first-order chi connectivity index (χ1) is 10.9. The van der Waals surface area contributed by atoms with Crippen LogP contribution in [0.4, 0.5) is 5.69 Å². The number of carbonyl (C=O) groups is 1. The van der Waals surface area contributed by atoms with Crippen molar-refractivity contribution in [2.24, 2.45) is 5.10 Å². The number of carbonyl (C=O) groups excluding carboxylic acids is 1. The van der Waals surface area contributed by atoms with Crippen molar-refractivity contribution in [1.82, 2.24) is 5.43 Å². The van der Waals surface area contributed by atoms with Gasteiger partial charge in [0.15, 0.2) is 0 Å². The summed E-state index contributed by atoms with van der Waals surface area (Å²) in [7, 11) is 0. The number of phenolic OH excluding ortho intramolecular Hbond substituents is 1. The third-order valence-electron chi connectivity index (χ3n) is 2.75. The fourth-order valence-electron chi connectivity index (χ4n) is 1.67. The number of aromatic hydroxyl groups is 1. The number of nitro groups is 1. The lowest BCUT2D eigenvalue weighted by Gasteiger charge is -2.03. The topological polar surface area (TPSA) is 105 Å². The van der Waals surface area contributed by atoms with Gasteiger partial charge in [0, 0.05) is 26.8 Å². The summed E-state index contributed by atoms with van der Waals surface area (Å²) in [6, 6.07) is 8.84. The molecule has 0 spiro atoms. The highest BCUT2D eigenvalue weighted by Gasteiger charge is 2.11. The van der Waals surface area contributed by atoms with Crippen LogP contribution in [0.2, 0.25) is 0 Å². The maximum Gasteiger partial charge on any atom is 0.271 e. The van der Waals surface area contributed by atoms with Gasteiger partial charge < -0.3 is 5.11 Å². The molecule has 0 aliphatic heterocycles. The Labute approximate surface area is 158 Å². The van der Waals surface area contributed by atoms with Crippen LogP contribution in [0.1, 0.15) is 15.9 Å². The second kappa shape index (κ2) is 7.68. The van der Waals surface area contributed by atoms with E-state index in [1.807, 2.05) is 22.6 Å². The van der Waals surface area contributed by atoms with E-state index in [1.54, 1.807) is 12.1 Å². The number of nitro benzene ring substituents is 1. The van der Waals surface area contributed by atoms with Crippen LogP contribution in [0.15, 0.2) is 41.5 Å². The van der Waals surface area contributed by atoms with Gasteiger partial charge in [0.05, 0.1) is 14.7 Å². The molecule has 0 radical (unpaired) electrons. The predicted molar refractivity (Wildman–Crippen MR) is 102 cm³/mol. The molecule has 2 aromatic rings. The van der Waals surface area contributed by atoms with Crippen molar-refractivity contribution in [3.63, 3.8) is 0 Å². The molecule has 0 aromatic heterocycles. The van der Waals surface area contributed by atoms with E-state index in [2.05, 4.69) is 33.1 Å². The lowest BCUT2D eigenvalue weighted by molar-refractivity contribution is -0.384. The summed E-state index contributed by atoms with van der Waals surface area (Å²) in [4.78, 5) is 22.0. The van der Waals surface area contributed by atoms with Gasteiger partial charge in [0.1, 0.15) is 5.75 Å². The first kappa shape index (κ1) is 17.6. The number of halogens is 2. The number of hydrazone groups is 1. The highest BCUT2D eigenvalue weighted by molar-refractivity contribution is 14.1. The SMILES string of the molecule is O=C(N/N=C/c1cc(I)cc(I)c1O)c1cccc([N+](=O)[O-])c1. The highest BCUT2D eigenvalue weighted by Crippen LogP contribution is 2.25. The minimum absolute atomic E-state index is 0.0689. The zero-order valence-electron chi connectivity index (χ0n) is 11.4. The summed E-state index contributed by atoms with van der Waals surface area (Å²) in [6.45, 7) is 0. The number of phenols is 1. The van der Waals surface area contributed by atoms with Crippen LogP contribution in [-0.4, -0.2) is 22.2 Å². The van der Waals surface area contributed by atoms with E-state index in [-0.39, 0.29) is 17.0 Å². The van der Waals surface area contributed by atoms with E-state index in [0.717, 1.165) is 9.64 Å². The lowest BCUT2D eigenvalue weighted by Crippen LogP contribution is -2.17. The molecule has 0 bridgehead atoms. The molecule has 0 fully saturated rings. The smallest absolute Gasteiger partial charge is 0.271 e. The standard InChI is InChI=1S/C14H9I2N3O4/c15-10-4-9(13(20)12(16)6-10)7-17-18-14(21)8-2-1-3-11(5-8)19(22)23/h1-7,20H,(H,18,21)/b17-7+. The van der Waals surface area contributed by atoms with E-state index < -0.39 is 10.8 Å². The summed E-state index contributed by atoms with van der Waals surface area (Å²) in [5.74, 6) is -0.510. The van der Waals surface area contributed by atoms with Gasteiger partial charge in [-0.1, -0.05) is 6.07 Å². The summed E-state index contributed by atoms with van der Waals surface area (Å²) < 4.78 is 1.58. The number of non-ortho nitro benzene ring substituents is 1. The molecule has 2 aromatic carbocycles. The van der Waals surface area contributed by atoms with Gasteiger partial charge in [-0.3, -0.25) is 14.9 Å². The summed E-state index contributed by atoms with van der Waals surface area (Å²) in [6.07, 6.45) is 1.31. The molecule has 0 atom stereocenters. The van der Waals surface area contributed by atoms with E-state index in [1.165, 1.54) is 24.4 Å². The molecule has 118 valence electrons. The molecule has 7 nitrogen and oxygen atoms in total. The average molecular weight is 537 g/mol. The number of rotatable bonds is 4. The van der Waals surface area contributed by atoms with Crippen LogP contribution in [-0.2, 0) is 0 Å². The molecule has 0 unspecified atom stereocenters. The molecule has 9 heteroatoms. The highest BCUT2D eigenvalue weighted by atomic mass is 127. The Balaban J connectivity index is 2.13. The molecular formula is C14H9I2N3O4. The first-order valence-electron chi connectivity index (χ1n) is 6.14. The molecule has 0 heterocycles. The number of hydrogen-bond donors (Lipinski definition) is 2. The average Bonchev–Trinajstić information content (AvgIpc) is 2.51. The van der Waals surface area contributed by atoms with Gasteiger partial charge >= 0.3 is 0 Å². The third-order valence-corrected chi connectivity index (χ3v) is 4.19. The van der Waals surface area contributed by atoms with E-state index >= 15 is 0 Å². The first-order valence-corrected chi connectivity index (χ1v) is 8.30. The maximum absolute atomic E-state index is 11.9. The van der Waals surface area contributed by atoms with Crippen molar-refractivity contribution >= 4 is 63.0 Å². The monoisotopic (exact) mass is 537 g/mol. The van der Waals surface area contributed by atoms with Gasteiger partial charge in [0.2, 0.25) is 0 Å². The van der Waals surface area contributed by atoms with Crippen molar-refractivity contribution < 1.29 is 14.8 Å². The normalized spacial score (nSPS) is 10.7. The van der Waals surface area contributed by atoms with Crippen molar-refractivity contribution in [2.45, 2.75) is 0 Å². The molecule has 0 saturated carbocycles. The Hall–Kier alpha value is -1.76. The summed E-state index contributed by atoms with van der Waals surface area (Å²) in [5.41, 5.74) is 2.68. The number of benzene rings is 2. The number of nitrogens with one attached hydrogen (secondary N) is 1. The van der Waals surface area contributed by atoms with Crippen LogP contribution in [0, 0.1) is 17.3 Å². The third kappa shape index (κ3) is 4.60. The lowest BCUT2D eigenvalue weighted by atomic mass is 10.2. The van der Waals surface area contributed by atoms with Crippen LogP contribution in [0.5, 0.6) is 5.75 Å². The fraction of sp³-hybridized carbons (Fsp3) is 0. The Kier molecular flexibility index (Phi) is 5.87. The van der Waals surface area contributed by atoms with Crippen molar-refractivity contribution in [3.05, 3.63) is 64.8 Å². The molecule has 2 N–H and O–H groups in total. The molecule has 23 heavy (non-hydrogen) atoms. The molecule has 0 aliphatic rings. The molecule has 0 saturated heterocycles. The van der Waals surface area contributed by atoms with Crippen LogP contribution in [0.25, 0.3) is 0 Å². The Bertz CT molecular complexity index is 809. The molecular weight excluding hydrogens is 528 g/mol. The number of nitrogens with zero attached hydrogens (tertiary/aromatic N) is 2. The predicted octanol–water partition coefficient (Wildman–Crippen LogP) is 3.27. The minimum Gasteiger partial charge on any atom is -0.506 e. The van der Waals surface area contributed by atoms with Gasteiger partial charge in [-0.15, -0.1) is 0 Å². The van der Waals surface area contributed by atoms with E-state index in [9.17, 15) is 20.0 Å². The zero-order chi connectivity index (χ0) is 17.0. The van der Waals surface area contributed by atoms with Gasteiger partial charge in [-0.05, 0) is 63.4 Å². The maximum atomic E-state index is 11.9. The summed E-state index contributed by atoms with van der Waals surface area (Å²) >= 11 is 4.10. The Morgan fingerprint density at radius 1 is 1.30 bits per heavy atom.